The topological polar surface area (TPSA) is 121 Å². The van der Waals surface area contributed by atoms with E-state index in [2.05, 4.69) is 30.5 Å². The summed E-state index contributed by atoms with van der Waals surface area (Å²) in [7, 11) is 1.61. The molecule has 29 heavy (non-hydrogen) atoms. The lowest BCUT2D eigenvalue weighted by Gasteiger charge is -2.12. The second kappa shape index (κ2) is 7.89. The number of nitrogens with one attached hydrogen (secondary N) is 1. The van der Waals surface area contributed by atoms with Crippen LogP contribution in [0.1, 0.15) is 11.1 Å². The third kappa shape index (κ3) is 3.81. The van der Waals surface area contributed by atoms with E-state index in [9.17, 15) is 4.79 Å². The van der Waals surface area contributed by atoms with Gasteiger partial charge in [0.1, 0.15) is 18.7 Å². The molecule has 0 aliphatic rings. The number of nitrogens with zero attached hydrogens (tertiary/aromatic N) is 6. The van der Waals surface area contributed by atoms with Gasteiger partial charge in [0.25, 0.3) is 0 Å². The zero-order chi connectivity index (χ0) is 20.2. The zero-order valence-electron chi connectivity index (χ0n) is 15.7. The summed E-state index contributed by atoms with van der Waals surface area (Å²) in [6.07, 6.45) is 1.39. The molecule has 1 N–H and O–H groups in total. The van der Waals surface area contributed by atoms with Crippen molar-refractivity contribution >= 4 is 0 Å². The first-order valence-corrected chi connectivity index (χ1v) is 8.71. The quantitative estimate of drug-likeness (QED) is 0.527. The molecule has 2 aromatic heterocycles. The van der Waals surface area contributed by atoms with Gasteiger partial charge < -0.3 is 9.47 Å². The number of rotatable bonds is 6. The summed E-state index contributed by atoms with van der Waals surface area (Å²) in [6, 6.07) is 13.1. The minimum absolute atomic E-state index is 0.146. The monoisotopic (exact) mass is 391 g/mol. The predicted molar refractivity (Wildman–Crippen MR) is 103 cm³/mol. The molecule has 0 saturated heterocycles. The minimum Gasteiger partial charge on any atom is -0.497 e. The molecule has 2 heterocycles. The lowest BCUT2D eigenvalue weighted by Crippen LogP contribution is -2.18. The lowest BCUT2D eigenvalue weighted by molar-refractivity contribution is 0.279. The van der Waals surface area contributed by atoms with Gasteiger partial charge in [-0.2, -0.15) is 14.6 Å². The number of aryl methyl sites for hydroxylation is 1. The van der Waals surface area contributed by atoms with Crippen LogP contribution in [0.4, 0.5) is 0 Å². The molecule has 0 fully saturated rings. The van der Waals surface area contributed by atoms with Gasteiger partial charge in [0.2, 0.25) is 0 Å². The number of tetrazole rings is 1. The van der Waals surface area contributed by atoms with Crippen molar-refractivity contribution in [3.63, 3.8) is 0 Å². The van der Waals surface area contributed by atoms with Gasteiger partial charge in [0, 0.05) is 11.1 Å². The molecule has 10 heteroatoms. The van der Waals surface area contributed by atoms with Crippen LogP contribution in [-0.2, 0) is 6.61 Å². The van der Waals surface area contributed by atoms with Gasteiger partial charge in [0.15, 0.2) is 5.82 Å². The standard InChI is InChI=1S/C19H17N7O3/c1-12-4-3-5-16(26-19(27)23-24-25-26)15(12)10-29-18-21-11-20-17(22-18)13-6-8-14(28-2)9-7-13/h3-9,11H,10H2,1-2H3,(H,23,25,27). The number of aromatic amines is 1. The Morgan fingerprint density at radius 3 is 2.66 bits per heavy atom. The van der Waals surface area contributed by atoms with Crippen LogP contribution in [0, 0.1) is 6.92 Å². The Balaban J connectivity index is 1.59. The Morgan fingerprint density at radius 2 is 1.93 bits per heavy atom. The average Bonchev–Trinajstić information content (AvgIpc) is 3.18. The molecule has 0 radical (unpaired) electrons. The van der Waals surface area contributed by atoms with Gasteiger partial charge in [-0.1, -0.05) is 12.1 Å². The number of hydrogen-bond donors (Lipinski definition) is 1. The molecule has 0 atom stereocenters. The summed E-state index contributed by atoms with van der Waals surface area (Å²) in [5.41, 5.74) is 2.66. The van der Waals surface area contributed by atoms with Gasteiger partial charge in [0.05, 0.1) is 12.8 Å². The van der Waals surface area contributed by atoms with E-state index in [1.54, 1.807) is 13.2 Å². The number of ether oxygens (including phenoxy) is 2. The maximum Gasteiger partial charge on any atom is 0.365 e. The largest absolute Gasteiger partial charge is 0.497 e. The minimum atomic E-state index is -0.432. The summed E-state index contributed by atoms with van der Waals surface area (Å²) in [5, 5.41) is 9.62. The van der Waals surface area contributed by atoms with Crippen molar-refractivity contribution in [2.24, 2.45) is 0 Å². The van der Waals surface area contributed by atoms with Crippen molar-refractivity contribution in [1.82, 2.24) is 35.2 Å². The van der Waals surface area contributed by atoms with Crippen LogP contribution in [0.2, 0.25) is 0 Å². The van der Waals surface area contributed by atoms with Crippen molar-refractivity contribution in [2.75, 3.05) is 7.11 Å². The fourth-order valence-electron chi connectivity index (χ4n) is 2.80. The molecule has 4 rings (SSSR count). The lowest BCUT2D eigenvalue weighted by atomic mass is 10.1. The Labute approximate surface area is 165 Å². The first-order valence-electron chi connectivity index (χ1n) is 8.71. The van der Waals surface area contributed by atoms with Gasteiger partial charge in [-0.05, 0) is 53.2 Å². The van der Waals surface area contributed by atoms with Crippen LogP contribution in [0.3, 0.4) is 0 Å². The predicted octanol–water partition coefficient (Wildman–Crippen LogP) is 1.70. The summed E-state index contributed by atoms with van der Waals surface area (Å²) in [6.45, 7) is 2.07. The molecular weight excluding hydrogens is 374 g/mol. The Hall–Kier alpha value is -4.08. The highest BCUT2D eigenvalue weighted by atomic mass is 16.5. The third-order valence-electron chi connectivity index (χ3n) is 4.33. The van der Waals surface area contributed by atoms with Crippen molar-refractivity contribution < 1.29 is 9.47 Å². The number of hydrogen-bond acceptors (Lipinski definition) is 8. The highest BCUT2D eigenvalue weighted by molar-refractivity contribution is 5.56. The molecule has 0 spiro atoms. The molecule has 10 nitrogen and oxygen atoms in total. The summed E-state index contributed by atoms with van der Waals surface area (Å²) in [5.74, 6) is 1.23. The van der Waals surface area contributed by atoms with Crippen LogP contribution in [-0.4, -0.2) is 42.3 Å². The molecule has 0 aliphatic carbocycles. The van der Waals surface area contributed by atoms with E-state index >= 15 is 0 Å². The van der Waals surface area contributed by atoms with Crippen molar-refractivity contribution in [3.05, 3.63) is 70.4 Å². The van der Waals surface area contributed by atoms with Crippen LogP contribution < -0.4 is 15.2 Å². The normalized spacial score (nSPS) is 10.7. The fourth-order valence-corrected chi connectivity index (χ4v) is 2.80. The third-order valence-corrected chi connectivity index (χ3v) is 4.33. The van der Waals surface area contributed by atoms with Crippen LogP contribution >= 0.6 is 0 Å². The first kappa shape index (κ1) is 18.3. The number of methoxy groups -OCH3 is 1. The molecule has 0 amide bonds. The van der Waals surface area contributed by atoms with Gasteiger partial charge in [-0.3, -0.25) is 0 Å². The molecule has 0 unspecified atom stereocenters. The van der Waals surface area contributed by atoms with E-state index in [4.69, 9.17) is 9.47 Å². The van der Waals surface area contributed by atoms with Crippen LogP contribution in [0.15, 0.2) is 53.6 Å². The average molecular weight is 391 g/mol. The van der Waals surface area contributed by atoms with Crippen molar-refractivity contribution in [1.29, 1.82) is 0 Å². The van der Waals surface area contributed by atoms with E-state index in [1.807, 2.05) is 43.3 Å². The molecule has 4 aromatic rings. The molecular formula is C19H17N7O3. The smallest absolute Gasteiger partial charge is 0.365 e. The molecule has 0 saturated carbocycles. The second-order valence-corrected chi connectivity index (χ2v) is 6.10. The van der Waals surface area contributed by atoms with Crippen LogP contribution in [0.5, 0.6) is 11.8 Å². The van der Waals surface area contributed by atoms with E-state index in [0.717, 1.165) is 22.4 Å². The van der Waals surface area contributed by atoms with Crippen molar-refractivity contribution in [3.8, 4) is 28.8 Å². The van der Waals surface area contributed by atoms with E-state index in [1.165, 1.54) is 11.0 Å². The SMILES string of the molecule is COc1ccc(-c2ncnc(OCc3c(C)cccc3-n3nn[nH]c3=O)n2)cc1. The second-order valence-electron chi connectivity index (χ2n) is 6.10. The highest BCUT2D eigenvalue weighted by Crippen LogP contribution is 2.21. The summed E-state index contributed by atoms with van der Waals surface area (Å²) >= 11 is 0. The van der Waals surface area contributed by atoms with Crippen LogP contribution in [0.25, 0.3) is 17.1 Å². The van der Waals surface area contributed by atoms with Crippen molar-refractivity contribution in [2.45, 2.75) is 13.5 Å². The van der Waals surface area contributed by atoms with Gasteiger partial charge in [-0.15, -0.1) is 0 Å². The molecule has 0 bridgehead atoms. The molecule has 0 aliphatic heterocycles. The van der Waals surface area contributed by atoms with Gasteiger partial charge >= 0.3 is 11.7 Å². The summed E-state index contributed by atoms with van der Waals surface area (Å²) < 4.78 is 12.1. The molecule has 2 aromatic carbocycles. The maximum absolute atomic E-state index is 11.9. The number of H-pyrrole nitrogens is 1. The first-order chi connectivity index (χ1) is 14.2. The Kier molecular flexibility index (Phi) is 4.97. The van der Waals surface area contributed by atoms with E-state index in [0.29, 0.717) is 11.5 Å². The molecule has 146 valence electrons. The Bertz CT molecular complexity index is 1180. The van der Waals surface area contributed by atoms with Gasteiger partial charge in [-0.25, -0.2) is 14.9 Å². The fraction of sp³-hybridized carbons (Fsp3) is 0.158. The van der Waals surface area contributed by atoms with E-state index in [-0.39, 0.29) is 12.6 Å². The number of aromatic nitrogens is 7. The van der Waals surface area contributed by atoms with E-state index < -0.39 is 5.69 Å². The number of benzene rings is 2. The Morgan fingerprint density at radius 1 is 1.10 bits per heavy atom. The highest BCUT2D eigenvalue weighted by Gasteiger charge is 2.13. The zero-order valence-corrected chi connectivity index (χ0v) is 15.7. The maximum atomic E-state index is 11.9. The summed E-state index contributed by atoms with van der Waals surface area (Å²) in [4.78, 5) is 24.5.